The molecule has 0 aromatic rings. The lowest BCUT2D eigenvalue weighted by Gasteiger charge is -2.27. The van der Waals surface area contributed by atoms with E-state index in [1.54, 1.807) is 0 Å². The standard InChI is InChI=1S/C15H25NO3/c17-14(16-13-5-3-1-2-4-6-13)11-7-9-12(10-8-11)15(18)19/h11-13H,1-10H2,(H,16,17)(H,18,19). The molecule has 0 aliphatic heterocycles. The van der Waals surface area contributed by atoms with Crippen molar-refractivity contribution in [1.82, 2.24) is 5.32 Å². The topological polar surface area (TPSA) is 66.4 Å². The van der Waals surface area contributed by atoms with Gasteiger partial charge in [-0.3, -0.25) is 9.59 Å². The molecule has 108 valence electrons. The molecule has 2 fully saturated rings. The molecule has 0 atom stereocenters. The molecule has 0 aromatic heterocycles. The monoisotopic (exact) mass is 267 g/mol. The van der Waals surface area contributed by atoms with Gasteiger partial charge in [0.15, 0.2) is 0 Å². The van der Waals surface area contributed by atoms with Gasteiger partial charge in [0.25, 0.3) is 0 Å². The maximum absolute atomic E-state index is 12.2. The van der Waals surface area contributed by atoms with Crippen molar-refractivity contribution in [3.63, 3.8) is 0 Å². The summed E-state index contributed by atoms with van der Waals surface area (Å²) < 4.78 is 0. The third-order valence-corrected chi connectivity index (χ3v) is 4.65. The lowest BCUT2D eigenvalue weighted by molar-refractivity contribution is -0.144. The number of aliphatic carboxylic acids is 1. The van der Waals surface area contributed by atoms with Crippen LogP contribution in [0.4, 0.5) is 0 Å². The first-order valence-corrected chi connectivity index (χ1v) is 7.70. The van der Waals surface area contributed by atoms with Crippen LogP contribution >= 0.6 is 0 Å². The van der Waals surface area contributed by atoms with Gasteiger partial charge in [-0.15, -0.1) is 0 Å². The summed E-state index contributed by atoms with van der Waals surface area (Å²) in [7, 11) is 0. The highest BCUT2D eigenvalue weighted by atomic mass is 16.4. The highest BCUT2D eigenvalue weighted by Crippen LogP contribution is 2.29. The van der Waals surface area contributed by atoms with Crippen LogP contribution in [-0.2, 0) is 9.59 Å². The van der Waals surface area contributed by atoms with Gasteiger partial charge >= 0.3 is 5.97 Å². The number of carbonyl (C=O) groups is 2. The fourth-order valence-corrected chi connectivity index (χ4v) is 3.35. The average molecular weight is 267 g/mol. The molecule has 2 N–H and O–H groups in total. The molecule has 4 nitrogen and oxygen atoms in total. The number of carboxylic acids is 1. The number of nitrogens with one attached hydrogen (secondary N) is 1. The zero-order valence-corrected chi connectivity index (χ0v) is 11.6. The van der Waals surface area contributed by atoms with Crippen LogP contribution in [0.3, 0.4) is 0 Å². The number of rotatable bonds is 3. The van der Waals surface area contributed by atoms with Gasteiger partial charge in [0.1, 0.15) is 0 Å². The molecule has 0 saturated heterocycles. The van der Waals surface area contributed by atoms with Gasteiger partial charge in [0.05, 0.1) is 5.92 Å². The van der Waals surface area contributed by atoms with Crippen LogP contribution in [0.25, 0.3) is 0 Å². The second-order valence-corrected chi connectivity index (χ2v) is 6.08. The Morgan fingerprint density at radius 3 is 1.84 bits per heavy atom. The fraction of sp³-hybridized carbons (Fsp3) is 0.867. The molecule has 0 unspecified atom stereocenters. The van der Waals surface area contributed by atoms with E-state index in [1.807, 2.05) is 0 Å². The highest BCUT2D eigenvalue weighted by Gasteiger charge is 2.30. The minimum Gasteiger partial charge on any atom is -0.481 e. The summed E-state index contributed by atoms with van der Waals surface area (Å²) in [4.78, 5) is 23.1. The van der Waals surface area contributed by atoms with Crippen molar-refractivity contribution in [2.75, 3.05) is 0 Å². The summed E-state index contributed by atoms with van der Waals surface area (Å²) in [5.41, 5.74) is 0. The van der Waals surface area contributed by atoms with E-state index in [4.69, 9.17) is 5.11 Å². The van der Waals surface area contributed by atoms with E-state index in [2.05, 4.69) is 5.32 Å². The van der Waals surface area contributed by atoms with Crippen LogP contribution < -0.4 is 5.32 Å². The Balaban J connectivity index is 1.76. The van der Waals surface area contributed by atoms with Crippen molar-refractivity contribution in [1.29, 1.82) is 0 Å². The van der Waals surface area contributed by atoms with Gasteiger partial charge in [-0.1, -0.05) is 25.7 Å². The van der Waals surface area contributed by atoms with E-state index in [9.17, 15) is 9.59 Å². The molecular weight excluding hydrogens is 242 g/mol. The minimum absolute atomic E-state index is 0.0406. The zero-order chi connectivity index (χ0) is 13.7. The second-order valence-electron chi connectivity index (χ2n) is 6.08. The van der Waals surface area contributed by atoms with Crippen molar-refractivity contribution in [3.8, 4) is 0 Å². The van der Waals surface area contributed by atoms with E-state index < -0.39 is 5.97 Å². The highest BCUT2D eigenvalue weighted by molar-refractivity contribution is 5.79. The Labute approximate surface area is 115 Å². The van der Waals surface area contributed by atoms with Crippen molar-refractivity contribution >= 4 is 11.9 Å². The van der Waals surface area contributed by atoms with Gasteiger partial charge in [0, 0.05) is 12.0 Å². The average Bonchev–Trinajstić information content (AvgIpc) is 2.67. The molecule has 0 heterocycles. The number of hydrogen-bond acceptors (Lipinski definition) is 2. The molecule has 1 amide bonds. The molecular formula is C15H25NO3. The normalized spacial score (nSPS) is 29.5. The molecule has 2 aliphatic carbocycles. The van der Waals surface area contributed by atoms with E-state index in [-0.39, 0.29) is 17.7 Å². The third-order valence-electron chi connectivity index (χ3n) is 4.65. The molecule has 4 heteroatoms. The largest absolute Gasteiger partial charge is 0.481 e. The summed E-state index contributed by atoms with van der Waals surface area (Å²) in [6.45, 7) is 0. The minimum atomic E-state index is -0.706. The Hall–Kier alpha value is -1.06. The number of amides is 1. The summed E-state index contributed by atoms with van der Waals surface area (Å²) in [5.74, 6) is -0.737. The van der Waals surface area contributed by atoms with E-state index >= 15 is 0 Å². The zero-order valence-electron chi connectivity index (χ0n) is 11.6. The van der Waals surface area contributed by atoms with Gasteiger partial charge in [-0.05, 0) is 38.5 Å². The predicted molar refractivity (Wildman–Crippen MR) is 72.7 cm³/mol. The molecule has 2 rings (SSSR count). The van der Waals surface area contributed by atoms with Crippen molar-refractivity contribution < 1.29 is 14.7 Å². The fourth-order valence-electron chi connectivity index (χ4n) is 3.35. The Kier molecular flexibility index (Phi) is 5.23. The van der Waals surface area contributed by atoms with E-state index in [1.165, 1.54) is 25.7 Å². The first-order chi connectivity index (χ1) is 9.16. The molecule has 0 bridgehead atoms. The maximum atomic E-state index is 12.2. The van der Waals surface area contributed by atoms with Crippen LogP contribution in [0.1, 0.15) is 64.2 Å². The molecule has 0 radical (unpaired) electrons. The summed E-state index contributed by atoms with van der Waals surface area (Å²) in [5, 5.41) is 12.1. The third kappa shape index (κ3) is 4.22. The summed E-state index contributed by atoms with van der Waals surface area (Å²) in [6.07, 6.45) is 9.99. The van der Waals surface area contributed by atoms with Crippen LogP contribution in [0.2, 0.25) is 0 Å². The molecule has 19 heavy (non-hydrogen) atoms. The van der Waals surface area contributed by atoms with Crippen LogP contribution in [-0.4, -0.2) is 23.0 Å². The quantitative estimate of drug-likeness (QED) is 0.773. The first-order valence-electron chi connectivity index (χ1n) is 7.70. The lowest BCUT2D eigenvalue weighted by Crippen LogP contribution is -2.40. The Morgan fingerprint density at radius 1 is 0.789 bits per heavy atom. The molecule has 2 aliphatic rings. The molecule has 0 spiro atoms. The van der Waals surface area contributed by atoms with Crippen LogP contribution in [0.5, 0.6) is 0 Å². The van der Waals surface area contributed by atoms with Crippen molar-refractivity contribution in [2.24, 2.45) is 11.8 Å². The van der Waals surface area contributed by atoms with Gasteiger partial charge in [-0.2, -0.15) is 0 Å². The SMILES string of the molecule is O=C(O)C1CCC(C(=O)NC2CCCCCC2)CC1. The molecule has 0 aromatic carbocycles. The molecule has 2 saturated carbocycles. The summed E-state index contributed by atoms with van der Waals surface area (Å²) in [6, 6.07) is 0.354. The van der Waals surface area contributed by atoms with Gasteiger partial charge in [0.2, 0.25) is 5.91 Å². The second kappa shape index (κ2) is 6.92. The maximum Gasteiger partial charge on any atom is 0.306 e. The lowest BCUT2D eigenvalue weighted by atomic mass is 9.81. The van der Waals surface area contributed by atoms with Gasteiger partial charge < -0.3 is 10.4 Å². The number of carbonyl (C=O) groups excluding carboxylic acids is 1. The first kappa shape index (κ1) is 14.4. The Bertz CT molecular complexity index is 313. The van der Waals surface area contributed by atoms with Crippen molar-refractivity contribution in [2.45, 2.75) is 70.3 Å². The smallest absolute Gasteiger partial charge is 0.306 e. The number of hydrogen-bond donors (Lipinski definition) is 2. The summed E-state index contributed by atoms with van der Waals surface area (Å²) >= 11 is 0. The predicted octanol–water partition coefficient (Wildman–Crippen LogP) is 2.72. The van der Waals surface area contributed by atoms with Crippen LogP contribution in [0.15, 0.2) is 0 Å². The van der Waals surface area contributed by atoms with E-state index in [0.29, 0.717) is 18.9 Å². The number of carboxylic acid groups (broad SMARTS) is 1. The Morgan fingerprint density at radius 2 is 1.32 bits per heavy atom. The van der Waals surface area contributed by atoms with E-state index in [0.717, 1.165) is 25.7 Å². The van der Waals surface area contributed by atoms with Crippen molar-refractivity contribution in [3.05, 3.63) is 0 Å². The van der Waals surface area contributed by atoms with Crippen LogP contribution in [0, 0.1) is 11.8 Å². The van der Waals surface area contributed by atoms with Gasteiger partial charge in [-0.25, -0.2) is 0 Å².